The van der Waals surface area contributed by atoms with Crippen LogP contribution in [0.15, 0.2) is 205 Å². The predicted octanol–water partition coefficient (Wildman–Crippen LogP) is 14.4. The van der Waals surface area contributed by atoms with Gasteiger partial charge in [-0.05, 0) is 103 Å². The standard InChI is InChI=1S/C50H33NO/c1-3-11-34(12-4-1)37-21-25-41(26-22-37)51(42-27-23-38(24-28-42)35-13-5-2-6-14-35)43-29-30-46-48(32-43)52-49-33-47(44-17-9-10-18-45(44)50(46)49)40-20-19-36-15-7-8-16-39(36)31-40/h1-33H. The van der Waals surface area contributed by atoms with Gasteiger partial charge in [0.05, 0.1) is 0 Å². The van der Waals surface area contributed by atoms with Crippen LogP contribution in [0.25, 0.3) is 76.9 Å². The predicted molar refractivity (Wildman–Crippen MR) is 220 cm³/mol. The summed E-state index contributed by atoms with van der Waals surface area (Å²) in [6, 6.07) is 71.5. The molecule has 2 heteroatoms. The highest BCUT2D eigenvalue weighted by Gasteiger charge is 2.19. The van der Waals surface area contributed by atoms with E-state index in [2.05, 4.69) is 205 Å². The van der Waals surface area contributed by atoms with Crippen LogP contribution in [-0.4, -0.2) is 0 Å². The van der Waals surface area contributed by atoms with Gasteiger partial charge in [0.2, 0.25) is 0 Å². The van der Waals surface area contributed by atoms with Crippen molar-refractivity contribution in [2.45, 2.75) is 0 Å². The summed E-state index contributed by atoms with van der Waals surface area (Å²) in [6.07, 6.45) is 0. The number of benzene rings is 9. The zero-order valence-electron chi connectivity index (χ0n) is 28.4. The summed E-state index contributed by atoms with van der Waals surface area (Å²) in [5.41, 5.74) is 12.1. The van der Waals surface area contributed by atoms with Crippen LogP contribution in [0.1, 0.15) is 0 Å². The van der Waals surface area contributed by atoms with Crippen LogP contribution in [0, 0.1) is 0 Å². The molecule has 0 saturated heterocycles. The summed E-state index contributed by atoms with van der Waals surface area (Å²) in [7, 11) is 0. The van der Waals surface area contributed by atoms with Gasteiger partial charge in [-0.15, -0.1) is 0 Å². The molecule has 1 aromatic heterocycles. The first-order chi connectivity index (χ1) is 25.8. The average molecular weight is 664 g/mol. The van der Waals surface area contributed by atoms with Crippen molar-refractivity contribution in [3.8, 4) is 33.4 Å². The zero-order valence-corrected chi connectivity index (χ0v) is 28.4. The summed E-state index contributed by atoms with van der Waals surface area (Å²) in [4.78, 5) is 2.31. The lowest BCUT2D eigenvalue weighted by Gasteiger charge is -2.26. The molecule has 1 heterocycles. The van der Waals surface area contributed by atoms with Crippen LogP contribution in [0.2, 0.25) is 0 Å². The number of anilines is 3. The van der Waals surface area contributed by atoms with Gasteiger partial charge in [0.15, 0.2) is 0 Å². The number of furan rings is 1. The van der Waals surface area contributed by atoms with E-state index in [0.29, 0.717) is 0 Å². The number of rotatable bonds is 6. The molecule has 0 unspecified atom stereocenters. The lowest BCUT2D eigenvalue weighted by molar-refractivity contribution is 0.669. The lowest BCUT2D eigenvalue weighted by atomic mass is 9.93. The molecule has 9 aromatic carbocycles. The van der Waals surface area contributed by atoms with Gasteiger partial charge >= 0.3 is 0 Å². The molecule has 0 spiro atoms. The molecule has 10 rings (SSSR count). The molecule has 0 aliphatic rings. The quantitative estimate of drug-likeness (QED) is 0.176. The Hall–Kier alpha value is -6.90. The lowest BCUT2D eigenvalue weighted by Crippen LogP contribution is -2.09. The van der Waals surface area contributed by atoms with Crippen molar-refractivity contribution in [1.82, 2.24) is 0 Å². The topological polar surface area (TPSA) is 16.4 Å². The second-order valence-electron chi connectivity index (χ2n) is 13.3. The largest absolute Gasteiger partial charge is 0.456 e. The maximum Gasteiger partial charge on any atom is 0.137 e. The zero-order chi connectivity index (χ0) is 34.4. The smallest absolute Gasteiger partial charge is 0.137 e. The van der Waals surface area contributed by atoms with E-state index in [0.717, 1.165) is 39.0 Å². The monoisotopic (exact) mass is 663 g/mol. The fourth-order valence-corrected chi connectivity index (χ4v) is 7.68. The van der Waals surface area contributed by atoms with Crippen molar-refractivity contribution in [3.05, 3.63) is 200 Å². The van der Waals surface area contributed by atoms with E-state index in [1.54, 1.807) is 0 Å². The number of fused-ring (bicyclic) bond motifs is 6. The third-order valence-electron chi connectivity index (χ3n) is 10.2. The van der Waals surface area contributed by atoms with Crippen LogP contribution in [-0.2, 0) is 0 Å². The van der Waals surface area contributed by atoms with Crippen LogP contribution >= 0.6 is 0 Å². The van der Waals surface area contributed by atoms with Gasteiger partial charge in [0.1, 0.15) is 11.2 Å². The summed E-state index contributed by atoms with van der Waals surface area (Å²) >= 11 is 0. The fraction of sp³-hybridized carbons (Fsp3) is 0. The third kappa shape index (κ3) is 5.21. The molecule has 10 aromatic rings. The minimum Gasteiger partial charge on any atom is -0.456 e. The summed E-state index contributed by atoms with van der Waals surface area (Å²) in [6.45, 7) is 0. The second kappa shape index (κ2) is 12.5. The van der Waals surface area contributed by atoms with Crippen molar-refractivity contribution in [1.29, 1.82) is 0 Å². The van der Waals surface area contributed by atoms with Gasteiger partial charge in [0, 0.05) is 33.9 Å². The minimum atomic E-state index is 0.861. The molecule has 0 radical (unpaired) electrons. The number of nitrogens with zero attached hydrogens (tertiary/aromatic N) is 1. The molecule has 0 N–H and O–H groups in total. The first-order valence-corrected chi connectivity index (χ1v) is 17.8. The van der Waals surface area contributed by atoms with E-state index in [9.17, 15) is 0 Å². The summed E-state index contributed by atoms with van der Waals surface area (Å²) in [5, 5.41) is 7.13. The molecule has 0 saturated carbocycles. The normalized spacial score (nSPS) is 11.5. The highest BCUT2D eigenvalue weighted by molar-refractivity contribution is 6.22. The SMILES string of the molecule is c1ccc(-c2ccc(N(c3ccc(-c4ccccc4)cc3)c3ccc4c(c3)oc3cc(-c5ccc6ccccc6c5)c5ccccc5c34)cc2)cc1. The van der Waals surface area contributed by atoms with Gasteiger partial charge in [-0.25, -0.2) is 0 Å². The van der Waals surface area contributed by atoms with Gasteiger partial charge < -0.3 is 9.32 Å². The number of hydrogen-bond donors (Lipinski definition) is 0. The van der Waals surface area contributed by atoms with Gasteiger partial charge in [-0.1, -0.05) is 146 Å². The first-order valence-electron chi connectivity index (χ1n) is 17.8. The third-order valence-corrected chi connectivity index (χ3v) is 10.2. The molecule has 0 amide bonds. The Balaban J connectivity index is 1.12. The van der Waals surface area contributed by atoms with E-state index in [4.69, 9.17) is 4.42 Å². The maximum atomic E-state index is 6.80. The number of hydrogen-bond acceptors (Lipinski definition) is 2. The van der Waals surface area contributed by atoms with Gasteiger partial charge in [-0.2, -0.15) is 0 Å². The van der Waals surface area contributed by atoms with E-state index >= 15 is 0 Å². The first kappa shape index (κ1) is 30.0. The van der Waals surface area contributed by atoms with Gasteiger partial charge in [-0.3, -0.25) is 0 Å². The Bertz CT molecular complexity index is 2790. The van der Waals surface area contributed by atoms with Crippen molar-refractivity contribution >= 4 is 60.5 Å². The molecule has 244 valence electrons. The molecule has 2 nitrogen and oxygen atoms in total. The van der Waals surface area contributed by atoms with E-state index in [-0.39, 0.29) is 0 Å². The highest BCUT2D eigenvalue weighted by Crippen LogP contribution is 2.43. The van der Waals surface area contributed by atoms with E-state index in [1.807, 2.05) is 0 Å². The molecule has 0 fully saturated rings. The molecule has 0 aliphatic carbocycles. The molecule has 0 atom stereocenters. The van der Waals surface area contributed by atoms with Crippen molar-refractivity contribution in [2.24, 2.45) is 0 Å². The van der Waals surface area contributed by atoms with Crippen LogP contribution in [0.3, 0.4) is 0 Å². The highest BCUT2D eigenvalue weighted by atomic mass is 16.3. The van der Waals surface area contributed by atoms with E-state index < -0.39 is 0 Å². The molecule has 0 bridgehead atoms. The van der Waals surface area contributed by atoms with E-state index in [1.165, 1.54) is 54.9 Å². The van der Waals surface area contributed by atoms with Crippen LogP contribution in [0.5, 0.6) is 0 Å². The second-order valence-corrected chi connectivity index (χ2v) is 13.3. The Kier molecular flexibility index (Phi) is 7.18. The summed E-state index contributed by atoms with van der Waals surface area (Å²) < 4.78 is 6.80. The average Bonchev–Trinajstić information content (AvgIpc) is 3.60. The summed E-state index contributed by atoms with van der Waals surface area (Å²) in [5.74, 6) is 0. The van der Waals surface area contributed by atoms with Crippen LogP contribution < -0.4 is 4.90 Å². The van der Waals surface area contributed by atoms with Crippen molar-refractivity contribution in [3.63, 3.8) is 0 Å². The van der Waals surface area contributed by atoms with Crippen LogP contribution in [0.4, 0.5) is 17.1 Å². The Morgan fingerprint density at radius 2 is 0.827 bits per heavy atom. The Morgan fingerprint density at radius 1 is 0.308 bits per heavy atom. The minimum absolute atomic E-state index is 0.861. The Morgan fingerprint density at radius 3 is 1.48 bits per heavy atom. The van der Waals surface area contributed by atoms with Crippen molar-refractivity contribution in [2.75, 3.05) is 4.90 Å². The maximum absolute atomic E-state index is 6.80. The molecular weight excluding hydrogens is 631 g/mol. The van der Waals surface area contributed by atoms with Crippen molar-refractivity contribution < 1.29 is 4.42 Å². The fourth-order valence-electron chi connectivity index (χ4n) is 7.68. The Labute approximate surface area is 302 Å². The van der Waals surface area contributed by atoms with Gasteiger partial charge in [0.25, 0.3) is 0 Å². The molecule has 52 heavy (non-hydrogen) atoms. The molecule has 0 aliphatic heterocycles. The molecular formula is C50H33NO.